The van der Waals surface area contributed by atoms with Crippen LogP contribution in [0.3, 0.4) is 0 Å². The molecule has 0 aromatic heterocycles. The largest absolute Gasteiger partial charge is 0.378 e. The Balaban J connectivity index is 3.06. The number of rotatable bonds is 3. The fraction of sp³-hybridized carbons (Fsp3) is 0.333. The highest BCUT2D eigenvalue weighted by atomic mass is 32.2. The highest BCUT2D eigenvalue weighted by Crippen LogP contribution is 2.15. The van der Waals surface area contributed by atoms with Gasteiger partial charge in [0.1, 0.15) is 0 Å². The molecule has 1 aromatic carbocycles. The van der Waals surface area contributed by atoms with Gasteiger partial charge in [-0.3, -0.25) is 0 Å². The molecule has 0 amide bonds. The first kappa shape index (κ1) is 11.0. The highest BCUT2D eigenvalue weighted by molar-refractivity contribution is 7.89. The van der Waals surface area contributed by atoms with E-state index in [1.165, 1.54) is 7.05 Å². The third-order valence-electron chi connectivity index (χ3n) is 1.93. The molecule has 0 spiro atoms. The SMILES string of the molecule is CNS(=O)(=O)c1ccc(N(C)C)cc1. The molecule has 0 saturated carbocycles. The van der Waals surface area contributed by atoms with E-state index in [9.17, 15) is 8.42 Å². The summed E-state index contributed by atoms with van der Waals surface area (Å²) in [6, 6.07) is 6.71. The van der Waals surface area contributed by atoms with Crippen molar-refractivity contribution in [3.05, 3.63) is 24.3 Å². The monoisotopic (exact) mass is 214 g/mol. The van der Waals surface area contributed by atoms with Crippen molar-refractivity contribution >= 4 is 15.7 Å². The molecule has 0 aliphatic carbocycles. The normalized spacial score (nSPS) is 11.4. The molecule has 5 heteroatoms. The van der Waals surface area contributed by atoms with Crippen LogP contribution < -0.4 is 9.62 Å². The van der Waals surface area contributed by atoms with Crippen molar-refractivity contribution in [2.24, 2.45) is 0 Å². The van der Waals surface area contributed by atoms with Gasteiger partial charge in [0.2, 0.25) is 10.0 Å². The second kappa shape index (κ2) is 3.98. The maximum atomic E-state index is 11.4. The Kier molecular flexibility index (Phi) is 3.13. The zero-order valence-corrected chi connectivity index (χ0v) is 9.30. The summed E-state index contributed by atoms with van der Waals surface area (Å²) < 4.78 is 25.0. The van der Waals surface area contributed by atoms with Gasteiger partial charge in [0.15, 0.2) is 0 Å². The van der Waals surface area contributed by atoms with Crippen LogP contribution in [-0.4, -0.2) is 29.6 Å². The predicted octanol–water partition coefficient (Wildman–Crippen LogP) is 0.661. The Morgan fingerprint density at radius 1 is 1.14 bits per heavy atom. The zero-order chi connectivity index (χ0) is 10.8. The number of sulfonamides is 1. The molecule has 0 aliphatic heterocycles. The van der Waals surface area contributed by atoms with Gasteiger partial charge in [-0.25, -0.2) is 13.1 Å². The van der Waals surface area contributed by atoms with Gasteiger partial charge in [0, 0.05) is 19.8 Å². The first-order valence-corrected chi connectivity index (χ1v) is 5.66. The smallest absolute Gasteiger partial charge is 0.240 e. The maximum Gasteiger partial charge on any atom is 0.240 e. The van der Waals surface area contributed by atoms with Crippen molar-refractivity contribution in [1.29, 1.82) is 0 Å². The number of hydrogen-bond donors (Lipinski definition) is 1. The molecule has 1 N–H and O–H groups in total. The minimum Gasteiger partial charge on any atom is -0.378 e. The molecule has 0 aliphatic rings. The van der Waals surface area contributed by atoms with Crippen LogP contribution in [0.2, 0.25) is 0 Å². The van der Waals surface area contributed by atoms with Crippen molar-refractivity contribution in [3.63, 3.8) is 0 Å². The first-order chi connectivity index (χ1) is 6.47. The van der Waals surface area contributed by atoms with E-state index in [-0.39, 0.29) is 4.90 Å². The number of hydrogen-bond acceptors (Lipinski definition) is 3. The lowest BCUT2D eigenvalue weighted by Gasteiger charge is -2.12. The van der Waals surface area contributed by atoms with E-state index in [1.807, 2.05) is 19.0 Å². The van der Waals surface area contributed by atoms with Gasteiger partial charge in [-0.1, -0.05) is 0 Å². The first-order valence-electron chi connectivity index (χ1n) is 4.18. The van der Waals surface area contributed by atoms with Crippen molar-refractivity contribution in [3.8, 4) is 0 Å². The molecule has 1 rings (SSSR count). The topological polar surface area (TPSA) is 49.4 Å². The Labute approximate surface area is 84.6 Å². The van der Waals surface area contributed by atoms with Crippen LogP contribution in [0, 0.1) is 0 Å². The van der Waals surface area contributed by atoms with Crippen LogP contribution in [0.25, 0.3) is 0 Å². The standard InChI is InChI=1S/C9H14N2O2S/c1-10-14(12,13)9-6-4-8(5-7-9)11(2)3/h4-7,10H,1-3H3. The van der Waals surface area contributed by atoms with Gasteiger partial charge in [-0.05, 0) is 31.3 Å². The fourth-order valence-corrected chi connectivity index (χ4v) is 1.77. The molecule has 0 saturated heterocycles. The lowest BCUT2D eigenvalue weighted by Crippen LogP contribution is -2.18. The van der Waals surface area contributed by atoms with E-state index < -0.39 is 10.0 Å². The minimum atomic E-state index is -3.31. The molecule has 0 atom stereocenters. The number of anilines is 1. The van der Waals surface area contributed by atoms with Gasteiger partial charge in [0.05, 0.1) is 4.90 Å². The maximum absolute atomic E-state index is 11.4. The van der Waals surface area contributed by atoms with Crippen LogP contribution in [0.1, 0.15) is 0 Å². The van der Waals surface area contributed by atoms with E-state index >= 15 is 0 Å². The molecule has 0 bridgehead atoms. The summed E-state index contributed by atoms with van der Waals surface area (Å²) in [6.07, 6.45) is 0. The summed E-state index contributed by atoms with van der Waals surface area (Å²) in [5.74, 6) is 0. The van der Waals surface area contributed by atoms with E-state index in [0.29, 0.717) is 0 Å². The van der Waals surface area contributed by atoms with E-state index in [2.05, 4.69) is 4.72 Å². The molecule has 0 fully saturated rings. The third kappa shape index (κ3) is 2.24. The number of nitrogens with one attached hydrogen (secondary N) is 1. The fourth-order valence-electron chi connectivity index (χ4n) is 1.04. The quantitative estimate of drug-likeness (QED) is 0.804. The Morgan fingerprint density at radius 3 is 2.00 bits per heavy atom. The van der Waals surface area contributed by atoms with Gasteiger partial charge < -0.3 is 4.90 Å². The summed E-state index contributed by atoms with van der Waals surface area (Å²) in [5.41, 5.74) is 0.972. The van der Waals surface area contributed by atoms with E-state index in [1.54, 1.807) is 24.3 Å². The van der Waals surface area contributed by atoms with Crippen molar-refractivity contribution in [1.82, 2.24) is 4.72 Å². The van der Waals surface area contributed by atoms with Crippen molar-refractivity contribution < 1.29 is 8.42 Å². The molecule has 0 radical (unpaired) electrons. The number of benzene rings is 1. The molecule has 78 valence electrons. The Morgan fingerprint density at radius 2 is 1.64 bits per heavy atom. The van der Waals surface area contributed by atoms with E-state index in [4.69, 9.17) is 0 Å². The minimum absolute atomic E-state index is 0.283. The van der Waals surface area contributed by atoms with Gasteiger partial charge >= 0.3 is 0 Å². The van der Waals surface area contributed by atoms with Gasteiger partial charge in [-0.2, -0.15) is 0 Å². The van der Waals surface area contributed by atoms with Crippen LogP contribution >= 0.6 is 0 Å². The Bertz CT molecular complexity index is 395. The predicted molar refractivity (Wildman–Crippen MR) is 57.0 cm³/mol. The van der Waals surface area contributed by atoms with Crippen LogP contribution in [-0.2, 0) is 10.0 Å². The molecular formula is C9H14N2O2S. The van der Waals surface area contributed by atoms with Gasteiger partial charge in [-0.15, -0.1) is 0 Å². The van der Waals surface area contributed by atoms with Crippen LogP contribution in [0.15, 0.2) is 29.2 Å². The lowest BCUT2D eigenvalue weighted by atomic mass is 10.3. The molecule has 0 heterocycles. The van der Waals surface area contributed by atoms with Crippen molar-refractivity contribution in [2.45, 2.75) is 4.90 Å². The van der Waals surface area contributed by atoms with E-state index in [0.717, 1.165) is 5.69 Å². The molecule has 4 nitrogen and oxygen atoms in total. The van der Waals surface area contributed by atoms with Crippen molar-refractivity contribution in [2.75, 3.05) is 26.0 Å². The average Bonchev–Trinajstić information content (AvgIpc) is 2.18. The third-order valence-corrected chi connectivity index (χ3v) is 3.36. The molecular weight excluding hydrogens is 200 g/mol. The lowest BCUT2D eigenvalue weighted by molar-refractivity contribution is 0.588. The summed E-state index contributed by atoms with van der Waals surface area (Å²) in [4.78, 5) is 2.20. The average molecular weight is 214 g/mol. The number of nitrogens with zero attached hydrogens (tertiary/aromatic N) is 1. The second-order valence-corrected chi connectivity index (χ2v) is 4.98. The summed E-state index contributed by atoms with van der Waals surface area (Å²) in [7, 11) is 1.90. The van der Waals surface area contributed by atoms with Crippen LogP contribution in [0.5, 0.6) is 0 Å². The summed E-state index contributed by atoms with van der Waals surface area (Å²) in [5, 5.41) is 0. The van der Waals surface area contributed by atoms with Gasteiger partial charge in [0.25, 0.3) is 0 Å². The molecule has 0 unspecified atom stereocenters. The Hall–Kier alpha value is -1.07. The second-order valence-electron chi connectivity index (χ2n) is 3.10. The summed E-state index contributed by atoms with van der Waals surface area (Å²) in [6.45, 7) is 0. The highest BCUT2D eigenvalue weighted by Gasteiger charge is 2.10. The zero-order valence-electron chi connectivity index (χ0n) is 8.48. The molecule has 1 aromatic rings. The summed E-state index contributed by atoms with van der Waals surface area (Å²) >= 11 is 0. The van der Waals surface area contributed by atoms with Crippen LogP contribution in [0.4, 0.5) is 5.69 Å². The molecule has 14 heavy (non-hydrogen) atoms.